The van der Waals surface area contributed by atoms with Crippen LogP contribution < -0.4 is 4.72 Å². The molecule has 0 aliphatic heterocycles. The molecule has 1 N–H and O–H groups in total. The fourth-order valence-electron chi connectivity index (χ4n) is 4.62. The number of rotatable bonds is 4. The molecule has 4 rings (SSSR count). The maximum atomic E-state index is 14.0. The molecule has 0 heterocycles. The number of benzene rings is 3. The summed E-state index contributed by atoms with van der Waals surface area (Å²) < 4.78 is 39.9. The molecule has 0 spiro atoms. The minimum absolute atomic E-state index is 0.0622. The van der Waals surface area contributed by atoms with Gasteiger partial charge in [-0.1, -0.05) is 48.9 Å². The molecule has 0 saturated carbocycles. The quantitative estimate of drug-likeness (QED) is 0.599. The van der Waals surface area contributed by atoms with Crippen molar-refractivity contribution in [3.63, 3.8) is 0 Å². The van der Waals surface area contributed by atoms with Crippen LogP contribution in [0.2, 0.25) is 0 Å². The number of hydrogen-bond acceptors (Lipinski definition) is 2. The number of nitrogens with one attached hydrogen (secondary N) is 1. The van der Waals surface area contributed by atoms with Gasteiger partial charge in [0.15, 0.2) is 0 Å². The lowest BCUT2D eigenvalue weighted by Gasteiger charge is -2.28. The van der Waals surface area contributed by atoms with Crippen molar-refractivity contribution in [1.29, 1.82) is 0 Å². The lowest BCUT2D eigenvalue weighted by atomic mass is 9.76. The van der Waals surface area contributed by atoms with Gasteiger partial charge in [-0.2, -0.15) is 0 Å². The van der Waals surface area contributed by atoms with Crippen LogP contribution >= 0.6 is 0 Å². The van der Waals surface area contributed by atoms with Crippen LogP contribution in [0.1, 0.15) is 52.1 Å². The first kappa shape index (κ1) is 20.6. The van der Waals surface area contributed by atoms with E-state index in [-0.39, 0.29) is 17.7 Å². The van der Waals surface area contributed by atoms with Gasteiger partial charge in [-0.15, -0.1) is 0 Å². The molecule has 0 saturated heterocycles. The minimum Gasteiger partial charge on any atom is -0.284 e. The Labute approximate surface area is 178 Å². The standard InChI is InChI=1S/C25H26FNO2S/c1-16-7-11-23-19(13-16)8-9-20-14-21(26)10-12-24(20)25(23)17(2)18-5-4-6-22(15-18)27-30(3,28)29/h4-7,10-15,17,25,27H,8-9H2,1-3H3/t17?,25-/m1/s1. The molecule has 0 fully saturated rings. The molecule has 5 heteroatoms. The maximum Gasteiger partial charge on any atom is 0.229 e. The van der Waals surface area contributed by atoms with E-state index in [1.54, 1.807) is 18.2 Å². The Balaban J connectivity index is 1.84. The second-order valence-corrected chi connectivity index (χ2v) is 10.1. The van der Waals surface area contributed by atoms with Crippen molar-refractivity contribution in [3.8, 4) is 0 Å². The highest BCUT2D eigenvalue weighted by Gasteiger charge is 2.29. The Morgan fingerprint density at radius 2 is 1.63 bits per heavy atom. The largest absolute Gasteiger partial charge is 0.284 e. The zero-order chi connectivity index (χ0) is 21.5. The Morgan fingerprint density at radius 1 is 0.967 bits per heavy atom. The van der Waals surface area contributed by atoms with E-state index in [4.69, 9.17) is 0 Å². The summed E-state index contributed by atoms with van der Waals surface area (Å²) in [6, 6.07) is 19.2. The number of hydrogen-bond donors (Lipinski definition) is 1. The summed E-state index contributed by atoms with van der Waals surface area (Å²) in [7, 11) is -3.35. The summed E-state index contributed by atoms with van der Waals surface area (Å²) in [4.78, 5) is 0. The molecular weight excluding hydrogens is 397 g/mol. The van der Waals surface area contributed by atoms with E-state index < -0.39 is 10.0 Å². The average Bonchev–Trinajstić information content (AvgIpc) is 2.82. The summed E-state index contributed by atoms with van der Waals surface area (Å²) >= 11 is 0. The van der Waals surface area contributed by atoms with E-state index in [1.807, 2.05) is 24.3 Å². The number of aryl methyl sites for hydroxylation is 3. The maximum absolute atomic E-state index is 14.0. The third-order valence-electron chi connectivity index (χ3n) is 5.95. The van der Waals surface area contributed by atoms with Crippen LogP contribution in [-0.4, -0.2) is 14.7 Å². The lowest BCUT2D eigenvalue weighted by molar-refractivity contribution is 0.606. The smallest absolute Gasteiger partial charge is 0.229 e. The summed E-state index contributed by atoms with van der Waals surface area (Å²) in [5, 5.41) is 0. The molecule has 1 unspecified atom stereocenters. The zero-order valence-corrected chi connectivity index (χ0v) is 18.3. The number of halogens is 1. The fraction of sp³-hybridized carbons (Fsp3) is 0.280. The van der Waals surface area contributed by atoms with E-state index in [2.05, 4.69) is 36.8 Å². The van der Waals surface area contributed by atoms with Crippen LogP contribution in [0.4, 0.5) is 10.1 Å². The molecule has 3 aromatic carbocycles. The van der Waals surface area contributed by atoms with E-state index in [1.165, 1.54) is 16.7 Å². The molecule has 0 amide bonds. The molecule has 1 aliphatic carbocycles. The summed E-state index contributed by atoms with van der Waals surface area (Å²) in [5.74, 6) is -0.0658. The second-order valence-electron chi connectivity index (χ2n) is 8.31. The van der Waals surface area contributed by atoms with E-state index >= 15 is 0 Å². The van der Waals surface area contributed by atoms with Crippen molar-refractivity contribution < 1.29 is 12.8 Å². The van der Waals surface area contributed by atoms with Crippen molar-refractivity contribution in [2.45, 2.75) is 38.5 Å². The van der Waals surface area contributed by atoms with Crippen LogP contribution in [0.25, 0.3) is 0 Å². The molecule has 0 aromatic heterocycles. The first-order chi connectivity index (χ1) is 14.2. The Hall–Kier alpha value is -2.66. The molecule has 3 nitrogen and oxygen atoms in total. The van der Waals surface area contributed by atoms with Gasteiger partial charge in [-0.05, 0) is 77.8 Å². The molecule has 156 valence electrons. The SMILES string of the molecule is Cc1ccc2c(c1)CCc1cc(F)ccc1[C@@H]2C(C)c1cccc(NS(C)(=O)=O)c1. The Morgan fingerprint density at radius 3 is 2.33 bits per heavy atom. The van der Waals surface area contributed by atoms with Gasteiger partial charge in [0, 0.05) is 11.6 Å². The van der Waals surface area contributed by atoms with Crippen molar-refractivity contribution in [2.75, 3.05) is 11.0 Å². The van der Waals surface area contributed by atoms with Gasteiger partial charge in [-0.25, -0.2) is 12.8 Å². The summed E-state index contributed by atoms with van der Waals surface area (Å²) in [6.07, 6.45) is 2.84. The van der Waals surface area contributed by atoms with Crippen molar-refractivity contribution in [3.05, 3.63) is 99.9 Å². The first-order valence-electron chi connectivity index (χ1n) is 10.2. The van der Waals surface area contributed by atoms with Gasteiger partial charge in [-0.3, -0.25) is 4.72 Å². The van der Waals surface area contributed by atoms with Gasteiger partial charge in [0.25, 0.3) is 0 Å². The molecule has 2 atom stereocenters. The van der Waals surface area contributed by atoms with E-state index in [0.717, 1.165) is 35.8 Å². The Kier molecular flexibility index (Phi) is 5.41. The zero-order valence-electron chi connectivity index (χ0n) is 17.4. The van der Waals surface area contributed by atoms with Crippen LogP contribution in [0.3, 0.4) is 0 Å². The normalized spacial score (nSPS) is 16.9. The Bertz CT molecular complexity index is 1150. The first-order valence-corrected chi connectivity index (χ1v) is 12.1. The minimum atomic E-state index is -3.35. The molecule has 30 heavy (non-hydrogen) atoms. The van der Waals surface area contributed by atoms with Gasteiger partial charge in [0.05, 0.1) is 6.26 Å². The summed E-state index contributed by atoms with van der Waals surface area (Å²) in [6.45, 7) is 4.25. The van der Waals surface area contributed by atoms with Crippen LogP contribution in [-0.2, 0) is 22.9 Å². The average molecular weight is 424 g/mol. The monoisotopic (exact) mass is 423 g/mol. The number of anilines is 1. The van der Waals surface area contributed by atoms with Gasteiger partial charge < -0.3 is 0 Å². The molecule has 0 radical (unpaired) electrons. The topological polar surface area (TPSA) is 46.2 Å². The predicted molar refractivity (Wildman–Crippen MR) is 120 cm³/mol. The van der Waals surface area contributed by atoms with Crippen LogP contribution in [0.15, 0.2) is 60.7 Å². The van der Waals surface area contributed by atoms with E-state index in [9.17, 15) is 12.8 Å². The molecular formula is C25H26FNO2S. The molecule has 0 bridgehead atoms. The molecule has 1 aliphatic rings. The van der Waals surface area contributed by atoms with Gasteiger partial charge in [0.1, 0.15) is 5.82 Å². The highest BCUT2D eigenvalue weighted by molar-refractivity contribution is 7.92. The van der Waals surface area contributed by atoms with Crippen molar-refractivity contribution in [2.24, 2.45) is 0 Å². The lowest BCUT2D eigenvalue weighted by Crippen LogP contribution is -2.14. The van der Waals surface area contributed by atoms with Crippen molar-refractivity contribution >= 4 is 15.7 Å². The van der Waals surface area contributed by atoms with Gasteiger partial charge >= 0.3 is 0 Å². The molecule has 3 aromatic rings. The number of sulfonamides is 1. The number of fused-ring (bicyclic) bond motifs is 2. The third-order valence-corrected chi connectivity index (χ3v) is 6.56. The van der Waals surface area contributed by atoms with Gasteiger partial charge in [0.2, 0.25) is 10.0 Å². The van der Waals surface area contributed by atoms with E-state index in [0.29, 0.717) is 5.69 Å². The highest BCUT2D eigenvalue weighted by Crippen LogP contribution is 2.44. The second kappa shape index (κ2) is 7.88. The fourth-order valence-corrected chi connectivity index (χ4v) is 5.17. The summed E-state index contributed by atoms with van der Waals surface area (Å²) in [5.41, 5.74) is 7.57. The third kappa shape index (κ3) is 4.26. The predicted octanol–water partition coefficient (Wildman–Crippen LogP) is 5.54. The highest BCUT2D eigenvalue weighted by atomic mass is 32.2. The van der Waals surface area contributed by atoms with Crippen molar-refractivity contribution in [1.82, 2.24) is 0 Å². The van der Waals surface area contributed by atoms with Crippen LogP contribution in [0, 0.1) is 12.7 Å². The van der Waals surface area contributed by atoms with Crippen LogP contribution in [0.5, 0.6) is 0 Å².